The highest BCUT2D eigenvalue weighted by Crippen LogP contribution is 2.60. The number of benzene rings is 12. The fourth-order valence-electron chi connectivity index (χ4n) is 13.5. The fourth-order valence-corrected chi connectivity index (χ4v) is 13.5. The van der Waals surface area contributed by atoms with Gasteiger partial charge in [-0.1, -0.05) is 209 Å². The molecular weight excluding hydrogens is 831 g/mol. The maximum absolute atomic E-state index is 2.73. The first-order chi connectivity index (χ1) is 34.0. The topological polar surface area (TPSA) is 3.24 Å². The molecule has 14 rings (SSSR count). The van der Waals surface area contributed by atoms with E-state index in [0.717, 1.165) is 0 Å². The lowest BCUT2D eigenvalue weighted by atomic mass is 9.63. The highest BCUT2D eigenvalue weighted by Gasteiger charge is 2.56. The summed E-state index contributed by atoms with van der Waals surface area (Å²) in [6.45, 7) is 5.17. The van der Waals surface area contributed by atoms with Gasteiger partial charge in [0.15, 0.2) is 0 Å². The molecule has 1 aliphatic carbocycles. The van der Waals surface area contributed by atoms with E-state index in [4.69, 9.17) is 0 Å². The molecule has 1 heteroatoms. The zero-order valence-corrected chi connectivity index (χ0v) is 39.4. The fraction of sp³-hybridized carbons (Fsp3) is 0.147. The van der Waals surface area contributed by atoms with Crippen molar-refractivity contribution >= 4 is 76.0 Å². The molecule has 330 valence electrons. The number of nitrogens with zero attached hydrogens (tertiary/aromatic N) is 1. The van der Waals surface area contributed by atoms with Crippen molar-refractivity contribution in [2.75, 3.05) is 4.90 Å². The van der Waals surface area contributed by atoms with Crippen molar-refractivity contribution in [1.82, 2.24) is 0 Å². The first kappa shape index (κ1) is 40.3. The number of anilines is 2. The van der Waals surface area contributed by atoms with Gasteiger partial charge in [-0.25, -0.2) is 0 Å². The molecule has 12 aromatic carbocycles. The van der Waals surface area contributed by atoms with Gasteiger partial charge in [0.25, 0.3) is 0 Å². The third kappa shape index (κ3) is 5.90. The van der Waals surface area contributed by atoms with Crippen LogP contribution in [0, 0.1) is 0 Å². The summed E-state index contributed by atoms with van der Waals surface area (Å²) >= 11 is 0. The van der Waals surface area contributed by atoms with Gasteiger partial charge in [-0.05, 0) is 171 Å². The van der Waals surface area contributed by atoms with Crippen LogP contribution in [0.15, 0.2) is 212 Å². The maximum atomic E-state index is 2.73. The largest absolute Gasteiger partial charge is 0.334 e. The Morgan fingerprint density at radius 3 is 1.29 bits per heavy atom. The minimum atomic E-state index is -0.0531. The Hall–Kier alpha value is -7.74. The predicted molar refractivity (Wildman–Crippen MR) is 296 cm³/mol. The van der Waals surface area contributed by atoms with Crippen molar-refractivity contribution < 1.29 is 0 Å². The Morgan fingerprint density at radius 1 is 0.333 bits per heavy atom. The van der Waals surface area contributed by atoms with Gasteiger partial charge in [-0.2, -0.15) is 0 Å². The molecule has 0 bridgehead atoms. The van der Waals surface area contributed by atoms with E-state index in [2.05, 4.69) is 231 Å². The Kier molecular flexibility index (Phi) is 9.00. The van der Waals surface area contributed by atoms with Crippen LogP contribution in [0.4, 0.5) is 11.4 Å². The molecule has 2 atom stereocenters. The van der Waals surface area contributed by atoms with Crippen molar-refractivity contribution in [3.05, 3.63) is 218 Å². The molecule has 69 heavy (non-hydrogen) atoms. The van der Waals surface area contributed by atoms with E-state index in [1.807, 2.05) is 0 Å². The van der Waals surface area contributed by atoms with E-state index >= 15 is 0 Å². The van der Waals surface area contributed by atoms with Gasteiger partial charge in [0.2, 0.25) is 0 Å². The average Bonchev–Trinajstić information content (AvgIpc) is 3.58. The first-order valence-corrected chi connectivity index (χ1v) is 25.2. The van der Waals surface area contributed by atoms with Gasteiger partial charge in [0.05, 0.1) is 5.54 Å². The summed E-state index contributed by atoms with van der Waals surface area (Å²) in [5.41, 5.74) is 14.3. The van der Waals surface area contributed by atoms with Crippen LogP contribution in [0.5, 0.6) is 0 Å². The highest BCUT2D eigenvalue weighted by molar-refractivity contribution is 6.33. The maximum Gasteiger partial charge on any atom is 0.0517 e. The summed E-state index contributed by atoms with van der Waals surface area (Å²) in [7, 11) is 0. The van der Waals surface area contributed by atoms with Gasteiger partial charge in [0, 0.05) is 16.8 Å². The number of fused-ring (bicyclic) bond motifs is 6. The first-order valence-electron chi connectivity index (χ1n) is 25.2. The molecule has 0 amide bonds. The summed E-state index contributed by atoms with van der Waals surface area (Å²) < 4.78 is 0. The van der Waals surface area contributed by atoms with E-state index in [0.29, 0.717) is 0 Å². The van der Waals surface area contributed by atoms with Gasteiger partial charge in [-0.3, -0.25) is 0 Å². The number of hydrogen-bond acceptors (Lipinski definition) is 1. The van der Waals surface area contributed by atoms with E-state index in [9.17, 15) is 0 Å². The molecular formula is C68H53N. The van der Waals surface area contributed by atoms with Gasteiger partial charge < -0.3 is 4.90 Å². The van der Waals surface area contributed by atoms with E-state index in [-0.39, 0.29) is 11.0 Å². The lowest BCUT2D eigenvalue weighted by Gasteiger charge is -2.48. The average molecular weight is 884 g/mol. The van der Waals surface area contributed by atoms with Crippen molar-refractivity contribution in [2.45, 2.75) is 63.3 Å². The minimum Gasteiger partial charge on any atom is -0.334 e. The van der Waals surface area contributed by atoms with E-state index < -0.39 is 0 Å². The number of rotatable bonds is 5. The van der Waals surface area contributed by atoms with Crippen LogP contribution in [0.3, 0.4) is 0 Å². The minimum absolute atomic E-state index is 0.0302. The molecule has 0 N–H and O–H groups in total. The molecule has 1 heterocycles. The van der Waals surface area contributed by atoms with E-state index in [1.54, 1.807) is 0 Å². The molecule has 0 saturated heterocycles. The second kappa shape index (κ2) is 15.4. The molecule has 1 nitrogen and oxygen atoms in total. The number of para-hydroxylation sites is 1. The van der Waals surface area contributed by atoms with Crippen LogP contribution in [0.1, 0.15) is 57.9 Å². The third-order valence-corrected chi connectivity index (χ3v) is 17.1. The van der Waals surface area contributed by atoms with Crippen LogP contribution in [0.2, 0.25) is 0 Å². The second-order valence-corrected chi connectivity index (χ2v) is 20.5. The smallest absolute Gasteiger partial charge is 0.0517 e. The lowest BCUT2D eigenvalue weighted by Crippen LogP contribution is -2.53. The van der Waals surface area contributed by atoms with Crippen LogP contribution in [-0.4, -0.2) is 5.54 Å². The monoisotopic (exact) mass is 883 g/mol. The Morgan fingerprint density at radius 2 is 0.768 bits per heavy atom. The van der Waals surface area contributed by atoms with E-state index in [1.165, 1.54) is 165 Å². The zero-order valence-electron chi connectivity index (χ0n) is 39.4. The van der Waals surface area contributed by atoms with Crippen molar-refractivity contribution in [3.8, 4) is 44.5 Å². The zero-order chi connectivity index (χ0) is 45.8. The van der Waals surface area contributed by atoms with Crippen molar-refractivity contribution in [2.24, 2.45) is 0 Å². The normalized spacial score (nSPS) is 18.3. The molecule has 2 aliphatic rings. The van der Waals surface area contributed by atoms with Gasteiger partial charge >= 0.3 is 0 Å². The molecule has 1 saturated carbocycles. The molecule has 0 radical (unpaired) electrons. The predicted octanol–water partition coefficient (Wildman–Crippen LogP) is 19.2. The standard InChI is InChI=1S/C68H53N/c1-67-39-14-3-4-15-40-68(67,2)69(48-25-6-5-7-26-48)64-38-33-47(41-63(64)67)59-42-60(52-30-16-22-44-19-8-11-27-49(44)52)56-36-37-58-62(54-32-18-24-46-21-10-13-29-51(46)54)43-61(57-35-34-55(59)65(56)66(57)58)53-31-17-23-45-20-9-12-28-50(45)53/h5-13,16-38,41-43H,3-4,14-15,39-40H2,1-2H3. The SMILES string of the molecule is CC12CCCCCCC1(C)N(c1ccccc1)c1ccc(-c3cc(-c4cccc5ccccc45)c4ccc5c(-c6cccc7ccccc67)cc(-c6cccc7ccccc67)c6ccc3c4c65)cc12. The molecule has 1 fully saturated rings. The third-order valence-electron chi connectivity index (χ3n) is 17.1. The summed E-state index contributed by atoms with van der Waals surface area (Å²) in [5.74, 6) is 0. The second-order valence-electron chi connectivity index (χ2n) is 20.5. The molecule has 0 spiro atoms. The molecule has 1 aliphatic heterocycles. The summed E-state index contributed by atoms with van der Waals surface area (Å²) in [6.07, 6.45) is 7.46. The van der Waals surface area contributed by atoms with Crippen LogP contribution in [0.25, 0.3) is 109 Å². The van der Waals surface area contributed by atoms with Crippen LogP contribution < -0.4 is 4.90 Å². The number of hydrogen-bond donors (Lipinski definition) is 0. The molecule has 2 unspecified atom stereocenters. The van der Waals surface area contributed by atoms with Gasteiger partial charge in [-0.15, -0.1) is 0 Å². The van der Waals surface area contributed by atoms with Crippen LogP contribution in [-0.2, 0) is 5.41 Å². The summed E-state index contributed by atoms with van der Waals surface area (Å²) in [5, 5.41) is 15.4. The van der Waals surface area contributed by atoms with Gasteiger partial charge in [0.1, 0.15) is 0 Å². The van der Waals surface area contributed by atoms with Crippen molar-refractivity contribution in [1.29, 1.82) is 0 Å². The molecule has 0 aromatic heterocycles. The molecule has 12 aromatic rings. The highest BCUT2D eigenvalue weighted by atomic mass is 15.2. The summed E-state index contributed by atoms with van der Waals surface area (Å²) in [4.78, 5) is 2.73. The Balaban J connectivity index is 1.12. The lowest BCUT2D eigenvalue weighted by molar-refractivity contribution is 0.218. The summed E-state index contributed by atoms with van der Waals surface area (Å²) in [6, 6.07) is 80.8. The Labute approximate surface area is 404 Å². The van der Waals surface area contributed by atoms with Crippen LogP contribution >= 0.6 is 0 Å². The van der Waals surface area contributed by atoms with Crippen molar-refractivity contribution in [3.63, 3.8) is 0 Å². The Bertz CT molecular complexity index is 3900. The quantitative estimate of drug-likeness (QED) is 0.156.